The molecule has 0 fully saturated rings. The van der Waals surface area contributed by atoms with Crippen LogP contribution >= 0.6 is 23.2 Å². The van der Waals surface area contributed by atoms with Crippen LogP contribution in [0.5, 0.6) is 0 Å². The molecule has 3 aromatic heterocycles. The van der Waals surface area contributed by atoms with Gasteiger partial charge in [0.25, 0.3) is 5.56 Å². The van der Waals surface area contributed by atoms with Crippen LogP contribution in [0.2, 0.25) is 10.0 Å². The highest BCUT2D eigenvalue weighted by Crippen LogP contribution is 2.21. The predicted octanol–water partition coefficient (Wildman–Crippen LogP) is 2.85. The third-order valence-corrected chi connectivity index (χ3v) is 3.24. The van der Waals surface area contributed by atoms with Gasteiger partial charge in [0.2, 0.25) is 0 Å². The Kier molecular flexibility index (Phi) is 3.05. The average molecular weight is 294 g/mol. The lowest BCUT2D eigenvalue weighted by atomic mass is 10.4. The standard InChI is InChI=1S/C13H9Cl2N3O/c14-9-5-11(15)13-16-10(8-18(13)6-9)7-17-4-2-1-3-12(17)19/h1-6,8H,7H2. The van der Waals surface area contributed by atoms with Gasteiger partial charge in [0.15, 0.2) is 5.65 Å². The minimum atomic E-state index is -0.0660. The zero-order valence-electron chi connectivity index (χ0n) is 9.75. The fraction of sp³-hybridized carbons (Fsp3) is 0.0769. The summed E-state index contributed by atoms with van der Waals surface area (Å²) in [6.45, 7) is 0.398. The van der Waals surface area contributed by atoms with E-state index in [-0.39, 0.29) is 5.56 Å². The van der Waals surface area contributed by atoms with E-state index in [0.717, 1.165) is 5.69 Å². The second kappa shape index (κ2) is 4.72. The first-order valence-corrected chi connectivity index (χ1v) is 6.37. The normalized spacial score (nSPS) is 11.1. The van der Waals surface area contributed by atoms with E-state index in [1.807, 2.05) is 6.20 Å². The van der Waals surface area contributed by atoms with Gasteiger partial charge in [-0.05, 0) is 12.1 Å². The van der Waals surface area contributed by atoms with E-state index in [2.05, 4.69) is 4.98 Å². The van der Waals surface area contributed by atoms with Crippen LogP contribution in [0.25, 0.3) is 5.65 Å². The summed E-state index contributed by atoms with van der Waals surface area (Å²) in [6, 6.07) is 6.67. The molecule has 0 radical (unpaired) electrons. The molecule has 0 spiro atoms. The smallest absolute Gasteiger partial charge is 0.250 e. The highest BCUT2D eigenvalue weighted by atomic mass is 35.5. The van der Waals surface area contributed by atoms with Crippen molar-refractivity contribution >= 4 is 28.8 Å². The number of fused-ring (bicyclic) bond motifs is 1. The summed E-state index contributed by atoms with van der Waals surface area (Å²) in [4.78, 5) is 16.0. The lowest BCUT2D eigenvalue weighted by Crippen LogP contribution is -2.18. The summed E-state index contributed by atoms with van der Waals surface area (Å²) >= 11 is 12.0. The highest BCUT2D eigenvalue weighted by Gasteiger charge is 2.07. The zero-order chi connectivity index (χ0) is 13.4. The number of halogens is 2. The Morgan fingerprint density at radius 2 is 2.05 bits per heavy atom. The number of nitrogens with zero attached hydrogens (tertiary/aromatic N) is 3. The number of imidazole rings is 1. The molecular weight excluding hydrogens is 285 g/mol. The topological polar surface area (TPSA) is 39.3 Å². The Labute approximate surface area is 118 Å². The van der Waals surface area contributed by atoms with Gasteiger partial charge in [-0.3, -0.25) is 4.79 Å². The van der Waals surface area contributed by atoms with E-state index in [9.17, 15) is 4.79 Å². The van der Waals surface area contributed by atoms with Crippen LogP contribution in [0, 0.1) is 0 Å². The van der Waals surface area contributed by atoms with Gasteiger partial charge < -0.3 is 8.97 Å². The third-order valence-electron chi connectivity index (χ3n) is 2.75. The second-order valence-corrected chi connectivity index (χ2v) is 4.98. The van der Waals surface area contributed by atoms with Crippen molar-refractivity contribution in [1.29, 1.82) is 0 Å². The molecular formula is C13H9Cl2N3O. The van der Waals surface area contributed by atoms with Gasteiger partial charge >= 0.3 is 0 Å². The molecule has 3 aromatic rings. The van der Waals surface area contributed by atoms with Gasteiger partial charge in [-0.1, -0.05) is 29.3 Å². The molecule has 6 heteroatoms. The van der Waals surface area contributed by atoms with Crippen molar-refractivity contribution in [3.8, 4) is 0 Å². The molecule has 3 heterocycles. The molecule has 0 saturated carbocycles. The minimum absolute atomic E-state index is 0.0660. The lowest BCUT2D eigenvalue weighted by molar-refractivity contribution is 0.744. The molecule has 0 bridgehead atoms. The van der Waals surface area contributed by atoms with Gasteiger partial charge in [0, 0.05) is 24.7 Å². The largest absolute Gasteiger partial charge is 0.309 e. The second-order valence-electron chi connectivity index (χ2n) is 4.14. The summed E-state index contributed by atoms with van der Waals surface area (Å²) < 4.78 is 3.34. The first kappa shape index (κ1) is 12.3. The monoisotopic (exact) mass is 293 g/mol. The van der Waals surface area contributed by atoms with E-state index < -0.39 is 0 Å². The molecule has 3 rings (SSSR count). The van der Waals surface area contributed by atoms with Crippen LogP contribution in [0.1, 0.15) is 5.69 Å². The van der Waals surface area contributed by atoms with E-state index in [1.54, 1.807) is 39.6 Å². The van der Waals surface area contributed by atoms with E-state index in [4.69, 9.17) is 23.2 Å². The Morgan fingerprint density at radius 1 is 1.21 bits per heavy atom. The molecule has 0 N–H and O–H groups in total. The first-order valence-electron chi connectivity index (χ1n) is 5.61. The van der Waals surface area contributed by atoms with Gasteiger partial charge in [0.05, 0.1) is 22.3 Å². The van der Waals surface area contributed by atoms with Gasteiger partial charge in [-0.25, -0.2) is 4.98 Å². The highest BCUT2D eigenvalue weighted by molar-refractivity contribution is 6.36. The Bertz CT molecular complexity index is 807. The number of hydrogen-bond acceptors (Lipinski definition) is 2. The van der Waals surface area contributed by atoms with Crippen LogP contribution < -0.4 is 5.56 Å². The SMILES string of the molecule is O=c1ccccn1Cc1cn2cc(Cl)cc(Cl)c2n1. The van der Waals surface area contributed by atoms with E-state index in [0.29, 0.717) is 22.2 Å². The average Bonchev–Trinajstić information content (AvgIpc) is 2.75. The van der Waals surface area contributed by atoms with E-state index in [1.165, 1.54) is 6.07 Å². The third kappa shape index (κ3) is 2.37. The molecule has 0 amide bonds. The number of hydrogen-bond donors (Lipinski definition) is 0. The van der Waals surface area contributed by atoms with Crippen LogP contribution in [-0.4, -0.2) is 14.0 Å². The maximum atomic E-state index is 11.6. The van der Waals surface area contributed by atoms with Crippen LogP contribution in [0.4, 0.5) is 0 Å². The summed E-state index contributed by atoms with van der Waals surface area (Å²) in [5.74, 6) is 0. The zero-order valence-corrected chi connectivity index (χ0v) is 11.3. The number of pyridine rings is 2. The summed E-state index contributed by atoms with van der Waals surface area (Å²) in [5, 5.41) is 1.03. The van der Waals surface area contributed by atoms with Gasteiger partial charge in [0.1, 0.15) is 0 Å². The van der Waals surface area contributed by atoms with Crippen molar-refractivity contribution in [2.75, 3.05) is 0 Å². The Hall–Kier alpha value is -1.78. The Balaban J connectivity index is 2.05. The molecule has 19 heavy (non-hydrogen) atoms. The van der Waals surface area contributed by atoms with Crippen molar-refractivity contribution < 1.29 is 0 Å². The number of rotatable bonds is 2. The molecule has 0 saturated heterocycles. The van der Waals surface area contributed by atoms with Crippen LogP contribution in [0.3, 0.4) is 0 Å². The fourth-order valence-electron chi connectivity index (χ4n) is 1.92. The predicted molar refractivity (Wildman–Crippen MR) is 75.0 cm³/mol. The minimum Gasteiger partial charge on any atom is -0.309 e. The van der Waals surface area contributed by atoms with Crippen molar-refractivity contribution in [2.24, 2.45) is 0 Å². The van der Waals surface area contributed by atoms with Crippen molar-refractivity contribution in [3.05, 3.63) is 68.9 Å². The molecule has 4 nitrogen and oxygen atoms in total. The summed E-state index contributed by atoms with van der Waals surface area (Å²) in [5.41, 5.74) is 1.31. The first-order chi connectivity index (χ1) is 9.13. The molecule has 0 aliphatic heterocycles. The van der Waals surface area contributed by atoms with Gasteiger partial charge in [-0.2, -0.15) is 0 Å². The quantitative estimate of drug-likeness (QED) is 0.729. The summed E-state index contributed by atoms with van der Waals surface area (Å²) in [7, 11) is 0. The molecule has 96 valence electrons. The molecule has 0 unspecified atom stereocenters. The van der Waals surface area contributed by atoms with E-state index >= 15 is 0 Å². The van der Waals surface area contributed by atoms with Gasteiger partial charge in [-0.15, -0.1) is 0 Å². The molecule has 0 aromatic carbocycles. The fourth-order valence-corrected chi connectivity index (χ4v) is 2.44. The molecule has 0 atom stereocenters. The van der Waals surface area contributed by atoms with Crippen LogP contribution in [-0.2, 0) is 6.54 Å². The maximum Gasteiger partial charge on any atom is 0.250 e. The molecule has 0 aliphatic carbocycles. The lowest BCUT2D eigenvalue weighted by Gasteiger charge is -2.00. The number of aromatic nitrogens is 3. The molecule has 0 aliphatic rings. The van der Waals surface area contributed by atoms with Crippen LogP contribution in [0.15, 0.2) is 47.7 Å². The Morgan fingerprint density at radius 3 is 2.84 bits per heavy atom. The summed E-state index contributed by atoms with van der Waals surface area (Å²) in [6.07, 6.45) is 5.26. The van der Waals surface area contributed by atoms with Crippen molar-refractivity contribution in [3.63, 3.8) is 0 Å². The maximum absolute atomic E-state index is 11.6. The van der Waals surface area contributed by atoms with Crippen molar-refractivity contribution in [1.82, 2.24) is 14.0 Å². The van der Waals surface area contributed by atoms with Crippen molar-refractivity contribution in [2.45, 2.75) is 6.54 Å².